The van der Waals surface area contributed by atoms with E-state index < -0.39 is 0 Å². The van der Waals surface area contributed by atoms with Crippen LogP contribution in [0.4, 0.5) is 11.4 Å². The van der Waals surface area contributed by atoms with Crippen molar-refractivity contribution in [3.8, 4) is 11.5 Å². The maximum Gasteiger partial charge on any atom is 0.231 e. The van der Waals surface area contributed by atoms with Gasteiger partial charge in [0.05, 0.1) is 0 Å². The summed E-state index contributed by atoms with van der Waals surface area (Å²) >= 11 is 0. The second kappa shape index (κ2) is 4.58. The van der Waals surface area contributed by atoms with Gasteiger partial charge in [-0.1, -0.05) is 12.1 Å². The number of ether oxygens (including phenoxy) is 2. The molecule has 0 atom stereocenters. The van der Waals surface area contributed by atoms with Crippen molar-refractivity contribution >= 4 is 11.4 Å². The second-order valence-corrected chi connectivity index (χ2v) is 4.09. The van der Waals surface area contributed by atoms with Crippen molar-refractivity contribution in [2.75, 3.05) is 12.1 Å². The molecule has 1 aliphatic heterocycles. The summed E-state index contributed by atoms with van der Waals surface area (Å²) in [4.78, 5) is 0. The molecule has 4 heteroatoms. The summed E-state index contributed by atoms with van der Waals surface area (Å²) in [7, 11) is 0. The van der Waals surface area contributed by atoms with Gasteiger partial charge < -0.3 is 20.5 Å². The molecule has 1 heterocycles. The van der Waals surface area contributed by atoms with E-state index in [1.54, 1.807) is 0 Å². The molecule has 0 aromatic heterocycles. The minimum atomic E-state index is 0.296. The van der Waals surface area contributed by atoms with Crippen LogP contribution < -0.4 is 20.5 Å². The topological polar surface area (TPSA) is 56.5 Å². The lowest BCUT2D eigenvalue weighted by atomic mass is 10.2. The number of anilines is 2. The minimum absolute atomic E-state index is 0.296. The predicted octanol–water partition coefficient (Wildman–Crippen LogP) is 2.62. The van der Waals surface area contributed by atoms with E-state index in [9.17, 15) is 0 Å². The average Bonchev–Trinajstić information content (AvgIpc) is 2.87. The molecule has 0 aliphatic carbocycles. The van der Waals surface area contributed by atoms with Crippen molar-refractivity contribution in [2.24, 2.45) is 5.73 Å². The van der Waals surface area contributed by atoms with E-state index in [4.69, 9.17) is 15.2 Å². The largest absolute Gasteiger partial charge is 0.454 e. The van der Waals surface area contributed by atoms with E-state index in [-0.39, 0.29) is 0 Å². The zero-order valence-corrected chi connectivity index (χ0v) is 9.85. The van der Waals surface area contributed by atoms with Gasteiger partial charge in [0, 0.05) is 24.0 Å². The predicted molar refractivity (Wildman–Crippen MR) is 70.2 cm³/mol. The van der Waals surface area contributed by atoms with Crippen LogP contribution in [0, 0.1) is 0 Å². The molecule has 0 unspecified atom stereocenters. The molecule has 0 saturated heterocycles. The molecule has 0 spiro atoms. The molecular formula is C14H14N2O2. The van der Waals surface area contributed by atoms with Gasteiger partial charge in [-0.25, -0.2) is 0 Å². The summed E-state index contributed by atoms with van der Waals surface area (Å²) in [5.41, 5.74) is 8.67. The van der Waals surface area contributed by atoms with Crippen LogP contribution in [0.5, 0.6) is 11.5 Å². The van der Waals surface area contributed by atoms with Crippen LogP contribution in [0.3, 0.4) is 0 Å². The Morgan fingerprint density at radius 3 is 2.44 bits per heavy atom. The summed E-state index contributed by atoms with van der Waals surface area (Å²) in [5.74, 6) is 1.57. The standard InChI is InChI=1S/C14H14N2O2/c15-8-10-1-3-11(4-2-10)16-12-5-6-13-14(7-12)18-9-17-13/h1-7,16H,8-9,15H2. The molecule has 92 valence electrons. The summed E-state index contributed by atoms with van der Waals surface area (Å²) in [6.45, 7) is 0.855. The number of rotatable bonds is 3. The van der Waals surface area contributed by atoms with Gasteiger partial charge >= 0.3 is 0 Å². The fourth-order valence-electron chi connectivity index (χ4n) is 1.87. The zero-order chi connectivity index (χ0) is 12.4. The fraction of sp³-hybridized carbons (Fsp3) is 0.143. The van der Waals surface area contributed by atoms with Crippen molar-refractivity contribution in [1.29, 1.82) is 0 Å². The molecule has 3 rings (SSSR count). The maximum absolute atomic E-state index is 5.56. The second-order valence-electron chi connectivity index (χ2n) is 4.09. The van der Waals surface area contributed by atoms with Gasteiger partial charge in [0.25, 0.3) is 0 Å². The van der Waals surface area contributed by atoms with Crippen LogP contribution >= 0.6 is 0 Å². The van der Waals surface area contributed by atoms with Crippen LogP contribution in [-0.2, 0) is 6.54 Å². The molecule has 2 aromatic carbocycles. The molecule has 4 nitrogen and oxygen atoms in total. The number of nitrogens with two attached hydrogens (primary N) is 1. The lowest BCUT2D eigenvalue weighted by Crippen LogP contribution is -1.96. The van der Waals surface area contributed by atoms with E-state index in [0.29, 0.717) is 13.3 Å². The van der Waals surface area contributed by atoms with Gasteiger partial charge in [0.1, 0.15) is 0 Å². The molecular weight excluding hydrogens is 228 g/mol. The van der Waals surface area contributed by atoms with Gasteiger partial charge in [-0.05, 0) is 29.8 Å². The van der Waals surface area contributed by atoms with Crippen LogP contribution in [0.15, 0.2) is 42.5 Å². The first-order valence-electron chi connectivity index (χ1n) is 5.81. The normalized spacial score (nSPS) is 12.5. The molecule has 2 aromatic rings. The highest BCUT2D eigenvalue weighted by atomic mass is 16.7. The third-order valence-corrected chi connectivity index (χ3v) is 2.85. The lowest BCUT2D eigenvalue weighted by molar-refractivity contribution is 0.174. The van der Waals surface area contributed by atoms with Crippen LogP contribution in [0.2, 0.25) is 0 Å². The van der Waals surface area contributed by atoms with E-state index in [2.05, 4.69) is 5.32 Å². The zero-order valence-electron chi connectivity index (χ0n) is 9.85. The Hall–Kier alpha value is -2.20. The van der Waals surface area contributed by atoms with Gasteiger partial charge in [0.2, 0.25) is 6.79 Å². The van der Waals surface area contributed by atoms with Crippen molar-refractivity contribution in [3.63, 3.8) is 0 Å². The van der Waals surface area contributed by atoms with Crippen molar-refractivity contribution in [2.45, 2.75) is 6.54 Å². The molecule has 1 aliphatic rings. The summed E-state index contributed by atoms with van der Waals surface area (Å²) in [6, 6.07) is 13.8. The van der Waals surface area contributed by atoms with E-state index in [0.717, 1.165) is 28.4 Å². The quantitative estimate of drug-likeness (QED) is 0.868. The molecule has 3 N–H and O–H groups in total. The van der Waals surface area contributed by atoms with E-state index >= 15 is 0 Å². The summed E-state index contributed by atoms with van der Waals surface area (Å²) < 4.78 is 10.6. The van der Waals surface area contributed by atoms with Crippen molar-refractivity contribution in [3.05, 3.63) is 48.0 Å². The fourth-order valence-corrected chi connectivity index (χ4v) is 1.87. The average molecular weight is 242 g/mol. The number of nitrogens with one attached hydrogen (secondary N) is 1. The molecule has 0 fully saturated rings. The first-order chi connectivity index (χ1) is 8.85. The number of fused-ring (bicyclic) bond motifs is 1. The van der Waals surface area contributed by atoms with Crippen LogP contribution in [0.1, 0.15) is 5.56 Å². The number of hydrogen-bond donors (Lipinski definition) is 2. The van der Waals surface area contributed by atoms with Crippen LogP contribution in [-0.4, -0.2) is 6.79 Å². The Kier molecular flexibility index (Phi) is 2.78. The Bertz CT molecular complexity index is 552. The highest BCUT2D eigenvalue weighted by molar-refractivity contribution is 5.64. The Labute approximate surface area is 105 Å². The van der Waals surface area contributed by atoms with Crippen LogP contribution in [0.25, 0.3) is 0 Å². The van der Waals surface area contributed by atoms with Crippen molar-refractivity contribution in [1.82, 2.24) is 0 Å². The Balaban J connectivity index is 1.79. The molecule has 18 heavy (non-hydrogen) atoms. The SMILES string of the molecule is NCc1ccc(Nc2ccc3c(c2)OCO3)cc1. The Morgan fingerprint density at radius 2 is 1.67 bits per heavy atom. The van der Waals surface area contributed by atoms with Gasteiger partial charge in [-0.2, -0.15) is 0 Å². The third-order valence-electron chi connectivity index (χ3n) is 2.85. The summed E-state index contributed by atoms with van der Waals surface area (Å²) in [6.07, 6.45) is 0. The molecule has 0 radical (unpaired) electrons. The highest BCUT2D eigenvalue weighted by Gasteiger charge is 2.12. The monoisotopic (exact) mass is 242 g/mol. The van der Waals surface area contributed by atoms with Gasteiger partial charge in [0.15, 0.2) is 11.5 Å². The number of benzene rings is 2. The molecule has 0 saturated carbocycles. The van der Waals surface area contributed by atoms with Gasteiger partial charge in [-0.15, -0.1) is 0 Å². The molecule has 0 bridgehead atoms. The maximum atomic E-state index is 5.56. The van der Waals surface area contributed by atoms with E-state index in [1.165, 1.54) is 0 Å². The number of hydrogen-bond acceptors (Lipinski definition) is 4. The lowest BCUT2D eigenvalue weighted by Gasteiger charge is -2.07. The first-order valence-corrected chi connectivity index (χ1v) is 5.81. The van der Waals surface area contributed by atoms with E-state index in [1.807, 2.05) is 42.5 Å². The van der Waals surface area contributed by atoms with Gasteiger partial charge in [-0.3, -0.25) is 0 Å². The van der Waals surface area contributed by atoms with Crippen molar-refractivity contribution < 1.29 is 9.47 Å². The summed E-state index contributed by atoms with van der Waals surface area (Å²) in [5, 5.41) is 3.31. The smallest absolute Gasteiger partial charge is 0.231 e. The molecule has 0 amide bonds. The first kappa shape index (κ1) is 10.9. The minimum Gasteiger partial charge on any atom is -0.454 e. The highest BCUT2D eigenvalue weighted by Crippen LogP contribution is 2.35. The third kappa shape index (κ3) is 2.10. The Morgan fingerprint density at radius 1 is 0.944 bits per heavy atom.